The second kappa shape index (κ2) is 6.33. The van der Waals surface area contributed by atoms with Gasteiger partial charge in [0.2, 0.25) is 0 Å². The van der Waals surface area contributed by atoms with Gasteiger partial charge in [-0.25, -0.2) is 4.98 Å². The van der Waals surface area contributed by atoms with Gasteiger partial charge < -0.3 is 9.97 Å². The number of nitrogens with one attached hydrogen (secondary N) is 2. The Kier molecular flexibility index (Phi) is 3.90. The number of rotatable bonds is 0. The average Bonchev–Trinajstić information content (AvgIpc) is 3.49. The SMILES string of the molecule is Cc1c2nc(c(C)c3ccc([nH]3)c(C)c3nc(c(C)c4[nH]c1CC4)CC3)C=C2. The summed E-state index contributed by atoms with van der Waals surface area (Å²) in [6.45, 7) is 8.70. The van der Waals surface area contributed by atoms with Gasteiger partial charge in [-0.05, 0) is 99.9 Å². The van der Waals surface area contributed by atoms with Crippen LogP contribution in [0.3, 0.4) is 0 Å². The molecule has 2 aromatic heterocycles. The Morgan fingerprint density at radius 2 is 1.18 bits per heavy atom. The summed E-state index contributed by atoms with van der Waals surface area (Å²) in [4.78, 5) is 17.2. The fourth-order valence-electron chi connectivity index (χ4n) is 4.41. The third-order valence-electron chi connectivity index (χ3n) is 6.47. The topological polar surface area (TPSA) is 57.4 Å². The molecule has 28 heavy (non-hydrogen) atoms. The van der Waals surface area contributed by atoms with E-state index in [0.717, 1.165) is 48.1 Å². The fourth-order valence-corrected chi connectivity index (χ4v) is 4.41. The largest absolute Gasteiger partial charge is 0.362 e. The average molecular weight is 371 g/mol. The lowest BCUT2D eigenvalue weighted by Gasteiger charge is -1.99. The summed E-state index contributed by atoms with van der Waals surface area (Å²) in [7, 11) is 0. The number of nitrogens with zero attached hydrogens (tertiary/aromatic N) is 2. The highest BCUT2D eigenvalue weighted by molar-refractivity contribution is 5.77. The quantitative estimate of drug-likeness (QED) is 0.584. The molecule has 0 aliphatic carbocycles. The van der Waals surface area contributed by atoms with E-state index < -0.39 is 0 Å². The summed E-state index contributed by atoms with van der Waals surface area (Å²) in [5.74, 6) is 0. The maximum absolute atomic E-state index is 5.02. The van der Waals surface area contributed by atoms with Crippen LogP contribution in [0.15, 0.2) is 12.1 Å². The molecular weight excluding hydrogens is 344 g/mol. The fraction of sp³-hybridized carbons (Fsp3) is 0.333. The van der Waals surface area contributed by atoms with Crippen molar-refractivity contribution in [2.24, 2.45) is 0 Å². The van der Waals surface area contributed by atoms with E-state index in [9.17, 15) is 0 Å². The molecule has 5 heterocycles. The lowest BCUT2D eigenvalue weighted by molar-refractivity contribution is 0.969. The molecule has 142 valence electrons. The lowest BCUT2D eigenvalue weighted by atomic mass is 10.1. The van der Waals surface area contributed by atoms with Crippen LogP contribution in [-0.2, 0) is 25.7 Å². The summed E-state index contributed by atoms with van der Waals surface area (Å²) in [6.07, 6.45) is 8.39. The van der Waals surface area contributed by atoms with Crippen molar-refractivity contribution in [1.82, 2.24) is 19.9 Å². The molecular formula is C24H26N4. The molecule has 3 aliphatic rings. The molecule has 2 N–H and O–H groups in total. The Morgan fingerprint density at radius 3 is 1.89 bits per heavy atom. The van der Waals surface area contributed by atoms with Gasteiger partial charge in [-0.3, -0.25) is 4.98 Å². The maximum atomic E-state index is 5.02. The summed E-state index contributed by atoms with van der Waals surface area (Å²) >= 11 is 0. The monoisotopic (exact) mass is 370 g/mol. The number of aromatic nitrogens is 4. The minimum absolute atomic E-state index is 1.01. The van der Waals surface area contributed by atoms with Gasteiger partial charge >= 0.3 is 0 Å². The molecule has 2 aromatic rings. The van der Waals surface area contributed by atoms with Crippen LogP contribution in [0, 0.1) is 27.7 Å². The number of H-pyrrole nitrogens is 2. The Bertz CT molecular complexity index is 1210. The Balaban J connectivity index is 1.92. The predicted molar refractivity (Wildman–Crippen MR) is 115 cm³/mol. The van der Waals surface area contributed by atoms with E-state index in [0.29, 0.717) is 0 Å². The number of aromatic amines is 2. The van der Waals surface area contributed by atoms with Crippen molar-refractivity contribution in [2.75, 3.05) is 0 Å². The molecule has 0 spiro atoms. The molecule has 0 radical (unpaired) electrons. The standard InChI is InChI=1S/C24H26N4/c1-13-17-5-7-19(25-17)14(2)21-9-11-23(27-21)16(4)24-12-10-22(28-24)15(3)20-8-6-18(13)26-20/h5-8,25,28H,9-12H2,1-4H3. The van der Waals surface area contributed by atoms with E-state index >= 15 is 0 Å². The summed E-state index contributed by atoms with van der Waals surface area (Å²) in [6, 6.07) is 4.32. The van der Waals surface area contributed by atoms with Gasteiger partial charge in [0.25, 0.3) is 0 Å². The summed E-state index contributed by atoms with van der Waals surface area (Å²) < 4.78 is 0. The molecule has 8 bridgehead atoms. The second-order valence-corrected chi connectivity index (χ2v) is 8.09. The molecule has 0 unspecified atom stereocenters. The van der Waals surface area contributed by atoms with E-state index in [2.05, 4.69) is 61.9 Å². The van der Waals surface area contributed by atoms with Gasteiger partial charge in [-0.2, -0.15) is 0 Å². The predicted octanol–water partition coefficient (Wildman–Crippen LogP) is 5.01. The minimum Gasteiger partial charge on any atom is -0.362 e. The van der Waals surface area contributed by atoms with Gasteiger partial charge in [0.1, 0.15) is 0 Å². The van der Waals surface area contributed by atoms with Crippen molar-refractivity contribution >= 4 is 23.2 Å². The molecule has 3 aliphatic heterocycles. The number of aryl methyl sites for hydroxylation is 6. The van der Waals surface area contributed by atoms with E-state index in [4.69, 9.17) is 9.97 Å². The summed E-state index contributed by atoms with van der Waals surface area (Å²) in [5.41, 5.74) is 14.4. The van der Waals surface area contributed by atoms with Crippen LogP contribution in [0.2, 0.25) is 0 Å². The van der Waals surface area contributed by atoms with Gasteiger partial charge in [-0.15, -0.1) is 0 Å². The third-order valence-corrected chi connectivity index (χ3v) is 6.47. The number of hydrogen-bond acceptors (Lipinski definition) is 2. The zero-order valence-electron chi connectivity index (χ0n) is 17.0. The van der Waals surface area contributed by atoms with Gasteiger partial charge in [0, 0.05) is 33.8 Å². The van der Waals surface area contributed by atoms with Crippen LogP contribution < -0.4 is 0 Å². The molecule has 0 fully saturated rings. The molecule has 4 heteroatoms. The zero-order chi connectivity index (χ0) is 19.4. The van der Waals surface area contributed by atoms with Crippen molar-refractivity contribution in [3.05, 3.63) is 68.6 Å². The van der Waals surface area contributed by atoms with Crippen molar-refractivity contribution in [1.29, 1.82) is 0 Å². The van der Waals surface area contributed by atoms with E-state index in [-0.39, 0.29) is 0 Å². The molecule has 0 aromatic carbocycles. The van der Waals surface area contributed by atoms with Gasteiger partial charge in [0.15, 0.2) is 0 Å². The van der Waals surface area contributed by atoms with Crippen molar-refractivity contribution in [3.8, 4) is 0 Å². The van der Waals surface area contributed by atoms with Crippen molar-refractivity contribution in [2.45, 2.75) is 53.4 Å². The number of hydrogen-bond donors (Lipinski definition) is 2. The Hall–Kier alpha value is -2.88. The van der Waals surface area contributed by atoms with Crippen molar-refractivity contribution < 1.29 is 0 Å². The highest BCUT2D eigenvalue weighted by Gasteiger charge is 2.17. The third kappa shape index (κ3) is 2.67. The van der Waals surface area contributed by atoms with E-state index in [1.54, 1.807) is 0 Å². The first kappa shape index (κ1) is 17.2. The van der Waals surface area contributed by atoms with Crippen LogP contribution in [0.25, 0.3) is 23.2 Å². The molecule has 0 amide bonds. The molecule has 5 rings (SSSR count). The van der Waals surface area contributed by atoms with Gasteiger partial charge in [-0.1, -0.05) is 0 Å². The zero-order valence-corrected chi connectivity index (χ0v) is 17.0. The maximum Gasteiger partial charge on any atom is 0.0687 e. The van der Waals surface area contributed by atoms with Crippen molar-refractivity contribution in [3.63, 3.8) is 0 Å². The van der Waals surface area contributed by atoms with Crippen LogP contribution in [0.1, 0.15) is 56.4 Å². The minimum atomic E-state index is 1.01. The van der Waals surface area contributed by atoms with Crippen LogP contribution in [0.4, 0.5) is 0 Å². The Labute approximate surface area is 165 Å². The molecule has 0 saturated heterocycles. The number of fused-ring (bicyclic) bond motifs is 8. The molecule has 0 atom stereocenters. The first-order valence-electron chi connectivity index (χ1n) is 10.1. The lowest BCUT2D eigenvalue weighted by Crippen LogP contribution is -1.91. The Morgan fingerprint density at radius 1 is 0.607 bits per heavy atom. The van der Waals surface area contributed by atoms with Gasteiger partial charge in [0.05, 0.1) is 11.4 Å². The van der Waals surface area contributed by atoms with E-state index in [1.807, 2.05) is 0 Å². The summed E-state index contributed by atoms with van der Waals surface area (Å²) in [5, 5.41) is 0. The highest BCUT2D eigenvalue weighted by atomic mass is 14.8. The first-order chi connectivity index (χ1) is 13.5. The smallest absolute Gasteiger partial charge is 0.0687 e. The second-order valence-electron chi connectivity index (χ2n) is 8.09. The van der Waals surface area contributed by atoms with Crippen LogP contribution in [0.5, 0.6) is 0 Å². The molecule has 0 saturated carbocycles. The highest BCUT2D eigenvalue weighted by Crippen LogP contribution is 2.26. The normalized spacial score (nSPS) is 14.4. The molecule has 4 nitrogen and oxygen atoms in total. The first-order valence-corrected chi connectivity index (χ1v) is 10.1. The van der Waals surface area contributed by atoms with Crippen LogP contribution >= 0.6 is 0 Å². The van der Waals surface area contributed by atoms with Crippen LogP contribution in [-0.4, -0.2) is 19.9 Å². The van der Waals surface area contributed by atoms with E-state index in [1.165, 1.54) is 45.0 Å².